The number of benzene rings is 2. The molecule has 0 bridgehead atoms. The summed E-state index contributed by atoms with van der Waals surface area (Å²) in [6.45, 7) is 22.7. The molecule has 0 spiro atoms. The summed E-state index contributed by atoms with van der Waals surface area (Å²) in [5.74, 6) is 0.877. The highest BCUT2D eigenvalue weighted by Gasteiger charge is 2.43. The van der Waals surface area contributed by atoms with Gasteiger partial charge in [-0.05, 0) is 53.8 Å². The number of carbonyl (C=O) groups is 1. The van der Waals surface area contributed by atoms with E-state index in [1.807, 2.05) is 29.2 Å². The van der Waals surface area contributed by atoms with Crippen LogP contribution in [-0.4, -0.2) is 55.8 Å². The van der Waals surface area contributed by atoms with Gasteiger partial charge in [-0.25, -0.2) is 0 Å². The molecule has 43 heavy (non-hydrogen) atoms. The van der Waals surface area contributed by atoms with E-state index in [1.54, 1.807) is 11.8 Å². The molecule has 1 amide bonds. The van der Waals surface area contributed by atoms with Crippen molar-refractivity contribution in [2.45, 2.75) is 115 Å². The molecular weight excluding hydrogens is 603 g/mol. The first-order valence-electron chi connectivity index (χ1n) is 15.5. The van der Waals surface area contributed by atoms with Gasteiger partial charge in [-0.2, -0.15) is 0 Å². The Labute approximate surface area is 273 Å². The van der Waals surface area contributed by atoms with Crippen LogP contribution in [0.5, 0.6) is 0 Å². The summed E-state index contributed by atoms with van der Waals surface area (Å²) in [6, 6.07) is 20.8. The minimum absolute atomic E-state index is 0.0125. The molecule has 8 heteroatoms. The van der Waals surface area contributed by atoms with Crippen molar-refractivity contribution in [2.75, 3.05) is 5.75 Å². The maximum atomic E-state index is 14.1. The standard InChI is InChI=1S/C35H53NO3S2Si2/c1-34(2,3)42(7,8)38-30(22-21-27-17-13-11-14-18-27)24-31(39-43(9,10)35(4,5)6)25-32(37)36-29(26-41-33(36)40)23-28-19-15-12-16-20-28/h11-22,29-31H,23-26H2,1-10H3/b22-21+/t29-,30+,31-/m1/s1. The number of hydrogen-bond donors (Lipinski definition) is 0. The van der Waals surface area contributed by atoms with Gasteiger partial charge in [0, 0.05) is 12.2 Å². The summed E-state index contributed by atoms with van der Waals surface area (Å²) in [5.41, 5.74) is 2.35. The number of thioether (sulfide) groups is 1. The van der Waals surface area contributed by atoms with E-state index in [1.165, 1.54) is 5.56 Å². The fourth-order valence-corrected chi connectivity index (χ4v) is 8.72. The van der Waals surface area contributed by atoms with Gasteiger partial charge >= 0.3 is 0 Å². The van der Waals surface area contributed by atoms with E-state index >= 15 is 0 Å². The lowest BCUT2D eigenvalue weighted by molar-refractivity contribution is -0.130. The van der Waals surface area contributed by atoms with E-state index in [-0.39, 0.29) is 40.7 Å². The molecule has 236 valence electrons. The van der Waals surface area contributed by atoms with Gasteiger partial charge in [0.25, 0.3) is 0 Å². The summed E-state index contributed by atoms with van der Waals surface area (Å²) in [6.07, 6.45) is 5.56. The van der Waals surface area contributed by atoms with Crippen molar-refractivity contribution in [3.63, 3.8) is 0 Å². The quantitative estimate of drug-likeness (QED) is 0.168. The van der Waals surface area contributed by atoms with E-state index in [0.717, 1.165) is 17.7 Å². The van der Waals surface area contributed by atoms with Crippen LogP contribution < -0.4 is 0 Å². The molecule has 2 aromatic rings. The van der Waals surface area contributed by atoms with Crippen molar-refractivity contribution in [3.8, 4) is 0 Å². The predicted molar refractivity (Wildman–Crippen MR) is 195 cm³/mol. The molecule has 0 unspecified atom stereocenters. The van der Waals surface area contributed by atoms with E-state index in [9.17, 15) is 4.79 Å². The molecule has 2 aromatic carbocycles. The molecule has 0 aromatic heterocycles. The average Bonchev–Trinajstić information content (AvgIpc) is 3.26. The largest absolute Gasteiger partial charge is 0.413 e. The number of thiocarbonyl (C=S) groups is 1. The Bertz CT molecular complexity index is 1240. The summed E-state index contributed by atoms with van der Waals surface area (Å²) < 4.78 is 14.7. The highest BCUT2D eigenvalue weighted by molar-refractivity contribution is 8.23. The second-order valence-electron chi connectivity index (χ2n) is 14.8. The van der Waals surface area contributed by atoms with Gasteiger partial charge in [0.1, 0.15) is 4.32 Å². The van der Waals surface area contributed by atoms with Gasteiger partial charge in [0.15, 0.2) is 16.6 Å². The van der Waals surface area contributed by atoms with Gasteiger partial charge in [0.05, 0.1) is 24.7 Å². The lowest BCUT2D eigenvalue weighted by Crippen LogP contribution is -2.48. The molecule has 1 aliphatic rings. The average molecular weight is 656 g/mol. The third-order valence-corrected chi connectivity index (χ3v) is 19.8. The number of nitrogens with zero attached hydrogens (tertiary/aromatic N) is 1. The van der Waals surface area contributed by atoms with Gasteiger partial charge < -0.3 is 8.85 Å². The summed E-state index contributed by atoms with van der Waals surface area (Å²) in [5, 5.41) is 0.0691. The molecule has 0 radical (unpaired) electrons. The van der Waals surface area contributed by atoms with Gasteiger partial charge in [-0.3, -0.25) is 9.69 Å². The van der Waals surface area contributed by atoms with Crippen LogP contribution in [0, 0.1) is 0 Å². The van der Waals surface area contributed by atoms with Crippen molar-refractivity contribution in [1.82, 2.24) is 4.90 Å². The van der Waals surface area contributed by atoms with Crippen molar-refractivity contribution >= 4 is 56.9 Å². The van der Waals surface area contributed by atoms with Gasteiger partial charge in [-0.1, -0.05) is 138 Å². The fraction of sp³-hybridized carbons (Fsp3) is 0.543. The normalized spacial score (nSPS) is 18.3. The third kappa shape index (κ3) is 10.2. The first kappa shape index (κ1) is 35.9. The zero-order chi connectivity index (χ0) is 32.1. The van der Waals surface area contributed by atoms with Crippen molar-refractivity contribution in [2.24, 2.45) is 0 Å². The van der Waals surface area contributed by atoms with Gasteiger partial charge in [-0.15, -0.1) is 0 Å². The summed E-state index contributed by atoms with van der Waals surface area (Å²) in [4.78, 5) is 16.0. The lowest BCUT2D eigenvalue weighted by Gasteiger charge is -2.42. The van der Waals surface area contributed by atoms with E-state index in [0.29, 0.717) is 10.7 Å². The molecule has 3 atom stereocenters. The predicted octanol–water partition coefficient (Wildman–Crippen LogP) is 9.73. The Morgan fingerprint density at radius 1 is 0.930 bits per heavy atom. The number of rotatable bonds is 12. The topological polar surface area (TPSA) is 38.8 Å². The summed E-state index contributed by atoms with van der Waals surface area (Å²) in [7, 11) is -4.31. The molecule has 1 saturated heterocycles. The monoisotopic (exact) mass is 655 g/mol. The van der Waals surface area contributed by atoms with E-state index in [4.69, 9.17) is 21.1 Å². The van der Waals surface area contributed by atoms with Crippen molar-refractivity contribution < 1.29 is 13.6 Å². The SMILES string of the molecule is CC(C)(C)[Si](C)(C)O[C@@H](CC(=O)N1C(=S)SC[C@H]1Cc1ccccc1)C[C@H](/C=C/c1ccccc1)O[Si](C)(C)C(C)(C)C. The van der Waals surface area contributed by atoms with Crippen LogP contribution in [0.2, 0.25) is 36.3 Å². The van der Waals surface area contributed by atoms with Crippen molar-refractivity contribution in [3.05, 3.63) is 77.9 Å². The van der Waals surface area contributed by atoms with E-state index < -0.39 is 16.6 Å². The second-order valence-corrected chi connectivity index (χ2v) is 26.0. The first-order valence-corrected chi connectivity index (χ1v) is 22.7. The van der Waals surface area contributed by atoms with Crippen LogP contribution in [0.15, 0.2) is 66.7 Å². The number of amides is 1. The Balaban J connectivity index is 1.91. The van der Waals surface area contributed by atoms with Crippen LogP contribution in [0.3, 0.4) is 0 Å². The molecule has 1 fully saturated rings. The molecule has 0 N–H and O–H groups in total. The Morgan fingerprint density at radius 3 is 2.02 bits per heavy atom. The van der Waals surface area contributed by atoms with Crippen LogP contribution in [0.1, 0.15) is 65.5 Å². The maximum absolute atomic E-state index is 14.1. The smallest absolute Gasteiger partial charge is 0.230 e. The molecule has 1 aliphatic heterocycles. The fourth-order valence-electron chi connectivity index (χ4n) is 4.63. The molecular formula is C35H53NO3S2Si2. The Morgan fingerprint density at radius 2 is 1.47 bits per heavy atom. The molecule has 3 rings (SSSR count). The molecule has 0 aliphatic carbocycles. The van der Waals surface area contributed by atoms with Crippen molar-refractivity contribution in [1.29, 1.82) is 0 Å². The minimum atomic E-state index is -2.20. The van der Waals surface area contributed by atoms with Crippen LogP contribution in [0.4, 0.5) is 0 Å². The lowest BCUT2D eigenvalue weighted by atomic mass is 10.0. The highest BCUT2D eigenvalue weighted by atomic mass is 32.2. The van der Waals surface area contributed by atoms with Crippen LogP contribution in [0.25, 0.3) is 6.08 Å². The zero-order valence-corrected chi connectivity index (χ0v) is 31.6. The number of hydrogen-bond acceptors (Lipinski definition) is 5. The Kier molecular flexibility index (Phi) is 12.3. The molecule has 4 nitrogen and oxygen atoms in total. The molecule has 1 heterocycles. The van der Waals surface area contributed by atoms with Crippen LogP contribution in [-0.2, 0) is 20.1 Å². The Hall–Kier alpha value is -1.56. The first-order chi connectivity index (χ1) is 19.9. The number of carbonyl (C=O) groups excluding carboxylic acids is 1. The van der Waals surface area contributed by atoms with Crippen LogP contribution >= 0.6 is 24.0 Å². The third-order valence-electron chi connectivity index (χ3n) is 9.26. The zero-order valence-electron chi connectivity index (χ0n) is 28.0. The summed E-state index contributed by atoms with van der Waals surface area (Å²) >= 11 is 7.34. The molecule has 0 saturated carbocycles. The van der Waals surface area contributed by atoms with E-state index in [2.05, 4.69) is 116 Å². The maximum Gasteiger partial charge on any atom is 0.230 e. The minimum Gasteiger partial charge on any atom is -0.413 e. The highest BCUT2D eigenvalue weighted by Crippen LogP contribution is 2.41. The van der Waals surface area contributed by atoms with Gasteiger partial charge in [0.2, 0.25) is 5.91 Å². The second kappa shape index (κ2) is 14.7.